The van der Waals surface area contributed by atoms with Crippen LogP contribution in [0.3, 0.4) is 0 Å². The first kappa shape index (κ1) is 21.8. The van der Waals surface area contributed by atoms with Crippen molar-refractivity contribution in [3.63, 3.8) is 0 Å². The lowest BCUT2D eigenvalue weighted by molar-refractivity contribution is -0.172. The summed E-state index contributed by atoms with van der Waals surface area (Å²) in [6.07, 6.45) is 9.40. The summed E-state index contributed by atoms with van der Waals surface area (Å²) in [4.78, 5) is 26.2. The van der Waals surface area contributed by atoms with Crippen molar-refractivity contribution in [3.05, 3.63) is 35.5 Å². The maximum absolute atomic E-state index is 13.4. The number of carbonyl (C=O) groups excluding carboxylic acids is 2. The summed E-state index contributed by atoms with van der Waals surface area (Å²) >= 11 is 0. The van der Waals surface area contributed by atoms with Gasteiger partial charge in [-0.3, -0.25) is 4.79 Å². The average molecular weight is 402 g/mol. The fourth-order valence-electron chi connectivity index (χ4n) is 5.29. The molecule has 3 aliphatic rings. The number of esters is 1. The average Bonchev–Trinajstić information content (AvgIpc) is 2.89. The van der Waals surface area contributed by atoms with Gasteiger partial charge in [0.2, 0.25) is 5.60 Å². The van der Waals surface area contributed by atoms with Crippen LogP contribution in [-0.4, -0.2) is 34.7 Å². The molecule has 0 bridgehead atoms. The Morgan fingerprint density at radius 2 is 2.00 bits per heavy atom. The lowest BCUT2D eigenvalue weighted by Crippen LogP contribution is -2.56. The van der Waals surface area contributed by atoms with Crippen molar-refractivity contribution >= 4 is 11.9 Å². The zero-order valence-electron chi connectivity index (χ0n) is 18.3. The van der Waals surface area contributed by atoms with Gasteiger partial charge in [0.15, 0.2) is 0 Å². The summed E-state index contributed by atoms with van der Waals surface area (Å²) in [5.74, 6) is -0.632. The van der Waals surface area contributed by atoms with Crippen LogP contribution in [0.1, 0.15) is 60.3 Å². The Kier molecular flexibility index (Phi) is 6.37. The van der Waals surface area contributed by atoms with E-state index in [0.717, 1.165) is 24.8 Å². The third-order valence-electron chi connectivity index (χ3n) is 6.78. The Balaban J connectivity index is 2.13. The number of ether oxygens (including phenoxy) is 1. The summed E-state index contributed by atoms with van der Waals surface area (Å²) in [6, 6.07) is -0.0346. The molecule has 2 N–H and O–H groups in total. The molecule has 29 heavy (non-hydrogen) atoms. The van der Waals surface area contributed by atoms with E-state index in [1.165, 1.54) is 17.7 Å². The molecule has 5 nitrogen and oxygen atoms in total. The molecular weight excluding hydrogens is 366 g/mol. The van der Waals surface area contributed by atoms with Crippen LogP contribution < -0.4 is 5.32 Å². The van der Waals surface area contributed by atoms with Crippen LogP contribution in [0.15, 0.2) is 35.5 Å². The van der Waals surface area contributed by atoms with Gasteiger partial charge in [-0.15, -0.1) is 0 Å². The van der Waals surface area contributed by atoms with Gasteiger partial charge < -0.3 is 15.2 Å². The summed E-state index contributed by atoms with van der Waals surface area (Å²) in [6.45, 7) is 10.6. The number of rotatable bonds is 2. The molecule has 0 saturated carbocycles. The second kappa shape index (κ2) is 8.47. The van der Waals surface area contributed by atoms with Crippen LogP contribution in [-0.2, 0) is 14.3 Å². The van der Waals surface area contributed by atoms with E-state index in [-0.39, 0.29) is 29.7 Å². The van der Waals surface area contributed by atoms with E-state index in [4.69, 9.17) is 4.74 Å². The third-order valence-corrected chi connectivity index (χ3v) is 6.78. The standard InChI is InChI=1S/C24H35NO4/c1-14(2)11-20-22-17(5)16(4)13-18-12-15(3)7-6-8-19(26)9-10-21(27)29-24(18,22)23(28)25-20/h9-10,12-14,17-20,22,26H,6-8,11H2,1-5H3,(H,25,28)/b10-9-,15-12+. The van der Waals surface area contributed by atoms with Gasteiger partial charge in [-0.25, -0.2) is 4.79 Å². The minimum absolute atomic E-state index is 0.0346. The van der Waals surface area contributed by atoms with Crippen LogP contribution in [0, 0.1) is 23.7 Å². The number of hydrogen-bond donors (Lipinski definition) is 2. The topological polar surface area (TPSA) is 75.6 Å². The first-order valence-corrected chi connectivity index (χ1v) is 10.9. The number of amides is 1. The number of aliphatic hydroxyl groups excluding tert-OH is 1. The molecule has 1 fully saturated rings. The van der Waals surface area contributed by atoms with E-state index in [1.807, 2.05) is 0 Å². The van der Waals surface area contributed by atoms with E-state index >= 15 is 0 Å². The highest BCUT2D eigenvalue weighted by Gasteiger charge is 2.64. The quantitative estimate of drug-likeness (QED) is 0.547. The normalized spacial score (nSPS) is 41.0. The van der Waals surface area contributed by atoms with Crippen molar-refractivity contribution in [1.82, 2.24) is 5.32 Å². The maximum atomic E-state index is 13.4. The van der Waals surface area contributed by atoms with Gasteiger partial charge in [-0.1, -0.05) is 44.1 Å². The monoisotopic (exact) mass is 401 g/mol. The second-order valence-corrected chi connectivity index (χ2v) is 9.51. The Morgan fingerprint density at radius 3 is 2.69 bits per heavy atom. The van der Waals surface area contributed by atoms with Gasteiger partial charge in [-0.05, 0) is 57.4 Å². The molecule has 2 aliphatic heterocycles. The van der Waals surface area contributed by atoms with Crippen molar-refractivity contribution in [1.29, 1.82) is 0 Å². The smallest absolute Gasteiger partial charge is 0.331 e. The fourth-order valence-corrected chi connectivity index (χ4v) is 5.29. The second-order valence-electron chi connectivity index (χ2n) is 9.51. The molecule has 2 heterocycles. The molecule has 5 heteroatoms. The van der Waals surface area contributed by atoms with E-state index in [2.05, 4.69) is 52.1 Å². The van der Waals surface area contributed by atoms with Crippen molar-refractivity contribution in [2.24, 2.45) is 23.7 Å². The summed E-state index contributed by atoms with van der Waals surface area (Å²) in [7, 11) is 0. The Bertz CT molecular complexity index is 750. The van der Waals surface area contributed by atoms with Crippen LogP contribution in [0.25, 0.3) is 0 Å². The molecular formula is C24H35NO4. The van der Waals surface area contributed by atoms with Crippen LogP contribution >= 0.6 is 0 Å². The molecule has 3 rings (SSSR count). The van der Waals surface area contributed by atoms with Crippen LogP contribution in [0.4, 0.5) is 0 Å². The predicted molar refractivity (Wildman–Crippen MR) is 113 cm³/mol. The van der Waals surface area contributed by atoms with Crippen LogP contribution in [0.5, 0.6) is 0 Å². The molecule has 0 radical (unpaired) electrons. The first-order chi connectivity index (χ1) is 13.6. The zero-order chi connectivity index (χ0) is 21.3. The molecule has 1 saturated heterocycles. The van der Waals surface area contributed by atoms with Crippen molar-refractivity contribution in [2.75, 3.05) is 0 Å². The molecule has 1 amide bonds. The van der Waals surface area contributed by atoms with Gasteiger partial charge in [0, 0.05) is 24.0 Å². The van der Waals surface area contributed by atoms with E-state index < -0.39 is 17.7 Å². The number of hydrogen-bond acceptors (Lipinski definition) is 4. The van der Waals surface area contributed by atoms with Gasteiger partial charge in [0.25, 0.3) is 5.91 Å². The number of allylic oxidation sites excluding steroid dienone is 2. The summed E-state index contributed by atoms with van der Waals surface area (Å²) in [5.41, 5.74) is 1.14. The molecule has 6 atom stereocenters. The zero-order valence-corrected chi connectivity index (χ0v) is 18.3. The Hall–Kier alpha value is -1.88. The summed E-state index contributed by atoms with van der Waals surface area (Å²) in [5, 5.41) is 13.3. The number of carbonyl (C=O) groups is 2. The molecule has 6 unspecified atom stereocenters. The number of nitrogens with one attached hydrogen (secondary N) is 1. The van der Waals surface area contributed by atoms with Crippen molar-refractivity contribution in [2.45, 2.75) is 78.0 Å². The Morgan fingerprint density at radius 1 is 1.28 bits per heavy atom. The maximum Gasteiger partial charge on any atom is 0.331 e. The van der Waals surface area contributed by atoms with Crippen LogP contribution in [0.2, 0.25) is 0 Å². The van der Waals surface area contributed by atoms with Crippen molar-refractivity contribution in [3.8, 4) is 0 Å². The SMILES string of the molecule is CC1=CC2/C=C(\C)CCCC(O)/C=C\C(=O)OC23C(=O)NC(CC(C)C)C3C1C. The molecule has 0 aromatic rings. The third kappa shape index (κ3) is 4.20. The number of aliphatic hydroxyl groups is 1. The minimum Gasteiger partial charge on any atom is -0.444 e. The summed E-state index contributed by atoms with van der Waals surface area (Å²) < 4.78 is 6.04. The first-order valence-electron chi connectivity index (χ1n) is 10.9. The van der Waals surface area contributed by atoms with Gasteiger partial charge in [0.1, 0.15) is 0 Å². The van der Waals surface area contributed by atoms with E-state index in [0.29, 0.717) is 12.3 Å². The highest BCUT2D eigenvalue weighted by atomic mass is 16.6. The highest BCUT2D eigenvalue weighted by Crippen LogP contribution is 2.50. The minimum atomic E-state index is -1.24. The largest absolute Gasteiger partial charge is 0.444 e. The van der Waals surface area contributed by atoms with E-state index in [9.17, 15) is 14.7 Å². The lowest BCUT2D eigenvalue weighted by atomic mass is 9.63. The van der Waals surface area contributed by atoms with Crippen molar-refractivity contribution < 1.29 is 19.4 Å². The molecule has 1 spiro atoms. The Labute approximate surface area is 174 Å². The predicted octanol–water partition coefficient (Wildman–Crippen LogP) is 3.69. The highest BCUT2D eigenvalue weighted by molar-refractivity contribution is 5.94. The van der Waals surface area contributed by atoms with Gasteiger partial charge in [-0.2, -0.15) is 0 Å². The van der Waals surface area contributed by atoms with Gasteiger partial charge >= 0.3 is 5.97 Å². The molecule has 1 aliphatic carbocycles. The van der Waals surface area contributed by atoms with Gasteiger partial charge in [0.05, 0.1) is 6.10 Å². The molecule has 160 valence electrons. The van der Waals surface area contributed by atoms with E-state index in [1.54, 1.807) is 0 Å². The lowest BCUT2D eigenvalue weighted by Gasteiger charge is -2.45. The fraction of sp³-hybridized carbons (Fsp3) is 0.667. The molecule has 0 aromatic carbocycles. The molecule has 0 aromatic heterocycles.